The SMILES string of the molecule is CCCCCc1oc(CCCCCCCCCCC(=O)O[C@H](COC(=O)CCCCCC[C@H]2C(=O)C[C@@H](O)[C@@H]2/C=C/[C@@H](O)CCCCC)COP(=O)([O-])OCC[N+](C)(C)C)c(C)c1C. The molecule has 0 radical (unpaired) electrons. The first-order valence-corrected chi connectivity index (χ1v) is 26.3. The molecule has 1 saturated carbocycles. The van der Waals surface area contributed by atoms with E-state index in [1.54, 1.807) is 6.08 Å². The van der Waals surface area contributed by atoms with Crippen LogP contribution in [0.2, 0.25) is 0 Å². The number of unbranched alkanes of at least 4 members (excludes halogenated alkanes) is 14. The largest absolute Gasteiger partial charge is 0.756 e. The summed E-state index contributed by atoms with van der Waals surface area (Å²) in [6.45, 7) is 8.15. The summed E-state index contributed by atoms with van der Waals surface area (Å²) in [6, 6.07) is 0. The monoisotopic (exact) mass is 926 g/mol. The van der Waals surface area contributed by atoms with Gasteiger partial charge in [-0.15, -0.1) is 0 Å². The van der Waals surface area contributed by atoms with Crippen molar-refractivity contribution in [3.63, 3.8) is 0 Å². The average molecular weight is 926 g/mol. The number of nitrogens with zero attached hydrogens (tertiary/aromatic N) is 1. The van der Waals surface area contributed by atoms with E-state index in [2.05, 4.69) is 27.7 Å². The summed E-state index contributed by atoms with van der Waals surface area (Å²) in [5.41, 5.74) is 2.62. The Bertz CT molecular complexity index is 1540. The van der Waals surface area contributed by atoms with Crippen molar-refractivity contribution in [2.75, 3.05) is 47.5 Å². The summed E-state index contributed by atoms with van der Waals surface area (Å²) in [6.07, 6.45) is 22.5. The molecule has 0 aliphatic heterocycles. The molecule has 1 fully saturated rings. The van der Waals surface area contributed by atoms with Crippen molar-refractivity contribution in [1.29, 1.82) is 0 Å². The lowest BCUT2D eigenvalue weighted by Crippen LogP contribution is -2.37. The van der Waals surface area contributed by atoms with Crippen LogP contribution in [0.1, 0.15) is 184 Å². The van der Waals surface area contributed by atoms with Crippen molar-refractivity contribution in [2.45, 2.75) is 207 Å². The van der Waals surface area contributed by atoms with Gasteiger partial charge in [0, 0.05) is 43.9 Å². The second-order valence-electron chi connectivity index (χ2n) is 19.2. The molecule has 1 unspecified atom stereocenters. The van der Waals surface area contributed by atoms with E-state index < -0.39 is 44.7 Å². The first kappa shape index (κ1) is 57.7. The minimum Gasteiger partial charge on any atom is -0.756 e. The smallest absolute Gasteiger partial charge is 0.306 e. The van der Waals surface area contributed by atoms with Gasteiger partial charge in [-0.1, -0.05) is 116 Å². The van der Waals surface area contributed by atoms with Crippen molar-refractivity contribution in [3.05, 3.63) is 34.8 Å². The van der Waals surface area contributed by atoms with E-state index in [1.807, 2.05) is 27.2 Å². The molecule has 14 heteroatoms. The number of aliphatic hydroxyl groups excluding tert-OH is 2. The van der Waals surface area contributed by atoms with E-state index in [0.29, 0.717) is 36.7 Å². The van der Waals surface area contributed by atoms with Gasteiger partial charge in [-0.25, -0.2) is 0 Å². The van der Waals surface area contributed by atoms with Crippen LogP contribution < -0.4 is 4.89 Å². The van der Waals surface area contributed by atoms with Crippen molar-refractivity contribution < 1.29 is 61.5 Å². The summed E-state index contributed by atoms with van der Waals surface area (Å²) in [4.78, 5) is 50.6. The topological polar surface area (TPSA) is 182 Å². The Labute approximate surface area is 386 Å². The zero-order valence-electron chi connectivity index (χ0n) is 40.9. The molecule has 0 bridgehead atoms. The summed E-state index contributed by atoms with van der Waals surface area (Å²) >= 11 is 0. The highest BCUT2D eigenvalue weighted by atomic mass is 31.2. The van der Waals surface area contributed by atoms with Gasteiger partial charge in [0.15, 0.2) is 6.10 Å². The number of hydrogen-bond acceptors (Lipinski definition) is 12. The van der Waals surface area contributed by atoms with Crippen molar-refractivity contribution in [1.82, 2.24) is 0 Å². The number of phosphoric ester groups is 1. The van der Waals surface area contributed by atoms with Gasteiger partial charge < -0.3 is 42.5 Å². The van der Waals surface area contributed by atoms with Crippen LogP contribution in [0.15, 0.2) is 16.6 Å². The normalized spacial score (nSPS) is 18.7. The van der Waals surface area contributed by atoms with Crippen LogP contribution in [0.5, 0.6) is 0 Å². The Balaban J connectivity index is 1.72. The van der Waals surface area contributed by atoms with E-state index in [-0.39, 0.29) is 50.1 Å². The van der Waals surface area contributed by atoms with E-state index in [4.69, 9.17) is 22.9 Å². The third kappa shape index (κ3) is 25.5. The molecule has 0 amide bonds. The van der Waals surface area contributed by atoms with E-state index >= 15 is 0 Å². The van der Waals surface area contributed by atoms with Crippen LogP contribution in [0, 0.1) is 25.7 Å². The molecule has 13 nitrogen and oxygen atoms in total. The van der Waals surface area contributed by atoms with Crippen molar-refractivity contribution in [3.8, 4) is 0 Å². The number of quaternary nitrogens is 1. The minimum atomic E-state index is -4.70. The number of furan rings is 1. The van der Waals surface area contributed by atoms with Crippen LogP contribution >= 0.6 is 7.82 Å². The van der Waals surface area contributed by atoms with E-state index in [1.165, 1.54) is 30.4 Å². The molecule has 6 atom stereocenters. The summed E-state index contributed by atoms with van der Waals surface area (Å²) < 4.78 is 40.2. The Morgan fingerprint density at radius 1 is 0.797 bits per heavy atom. The summed E-state index contributed by atoms with van der Waals surface area (Å²) in [5.74, 6) is 0.752. The number of ketones is 1. The molecular weight excluding hydrogens is 838 g/mol. The molecule has 1 heterocycles. The van der Waals surface area contributed by atoms with E-state index in [9.17, 15) is 34.1 Å². The molecule has 64 heavy (non-hydrogen) atoms. The standard InChI is InChI=1S/C50H88NO12P/c1-8-10-20-26-41(52)32-33-44-43(45(53)36-46(44)54)27-22-18-19-24-30-49(55)59-37-42(38-61-64(57,58)60-35-34-51(5,6)7)62-50(56)31-25-17-15-13-12-14-16-23-29-48-40(4)39(3)47(63-48)28-21-11-9-2/h32-33,41-44,46,52,54H,8-31,34-38H2,1-7H3/b33-32+/t41-,42+,43+,44+,46+/m0/s1. The second kappa shape index (κ2) is 32.3. The maximum atomic E-state index is 12.8. The average Bonchev–Trinajstić information content (AvgIpc) is 3.66. The number of aryl methyl sites for hydroxylation is 2. The molecule has 1 aromatic rings. The molecule has 1 aliphatic carbocycles. The highest BCUT2D eigenvalue weighted by Gasteiger charge is 2.39. The Morgan fingerprint density at radius 2 is 1.34 bits per heavy atom. The fourth-order valence-electron chi connectivity index (χ4n) is 8.14. The number of esters is 2. The third-order valence-corrected chi connectivity index (χ3v) is 13.3. The number of likely N-dealkylation sites (N-methyl/N-ethyl adjacent to an activating group) is 1. The maximum Gasteiger partial charge on any atom is 0.306 e. The number of phosphoric acid groups is 1. The molecule has 0 aromatic carbocycles. The van der Waals surface area contributed by atoms with E-state index in [0.717, 1.165) is 108 Å². The maximum absolute atomic E-state index is 12.8. The first-order chi connectivity index (χ1) is 30.5. The van der Waals surface area contributed by atoms with Gasteiger partial charge >= 0.3 is 11.9 Å². The molecule has 370 valence electrons. The van der Waals surface area contributed by atoms with Crippen molar-refractivity contribution in [2.24, 2.45) is 11.8 Å². The van der Waals surface area contributed by atoms with Gasteiger partial charge in [-0.2, -0.15) is 0 Å². The molecule has 0 saturated heterocycles. The Morgan fingerprint density at radius 3 is 1.95 bits per heavy atom. The highest BCUT2D eigenvalue weighted by Crippen LogP contribution is 2.38. The summed E-state index contributed by atoms with van der Waals surface area (Å²) in [7, 11) is 1.02. The van der Waals surface area contributed by atoms with Gasteiger partial charge in [-0.05, 0) is 63.5 Å². The second-order valence-corrected chi connectivity index (χ2v) is 20.6. The first-order valence-electron chi connectivity index (χ1n) is 24.9. The third-order valence-electron chi connectivity index (χ3n) is 12.4. The van der Waals surface area contributed by atoms with Crippen LogP contribution in [-0.2, 0) is 50.3 Å². The molecule has 1 aromatic heterocycles. The van der Waals surface area contributed by atoms with Crippen LogP contribution in [-0.4, -0.2) is 98.2 Å². The molecule has 0 spiro atoms. The fraction of sp³-hybridized carbons (Fsp3) is 0.820. The lowest BCUT2D eigenvalue weighted by molar-refractivity contribution is -0.870. The minimum absolute atomic E-state index is 0.0461. The number of carbonyl (C=O) groups excluding carboxylic acids is 3. The molecule has 2 rings (SSSR count). The number of Topliss-reactive ketones (excluding diaryl/α,β-unsaturated/α-hetero) is 1. The molecule has 2 N–H and O–H groups in total. The van der Waals surface area contributed by atoms with Gasteiger partial charge in [0.25, 0.3) is 7.82 Å². The number of ether oxygens (including phenoxy) is 2. The van der Waals surface area contributed by atoms with Crippen LogP contribution in [0.3, 0.4) is 0 Å². The molecule has 1 aliphatic rings. The highest BCUT2D eigenvalue weighted by molar-refractivity contribution is 7.45. The van der Waals surface area contributed by atoms with Crippen LogP contribution in [0.25, 0.3) is 0 Å². The quantitative estimate of drug-likeness (QED) is 0.0211. The predicted octanol–water partition coefficient (Wildman–Crippen LogP) is 9.75. The number of carbonyl (C=O) groups is 3. The summed E-state index contributed by atoms with van der Waals surface area (Å²) in [5, 5.41) is 20.8. The van der Waals surface area contributed by atoms with Gasteiger partial charge in [0.05, 0.1) is 40.0 Å². The van der Waals surface area contributed by atoms with Crippen molar-refractivity contribution >= 4 is 25.5 Å². The predicted molar refractivity (Wildman–Crippen MR) is 250 cm³/mol. The number of aliphatic hydroxyl groups is 2. The fourth-order valence-corrected chi connectivity index (χ4v) is 8.87. The number of rotatable bonds is 38. The zero-order valence-corrected chi connectivity index (χ0v) is 41.8. The van der Waals surface area contributed by atoms with Gasteiger partial charge in [0.1, 0.15) is 37.1 Å². The zero-order chi connectivity index (χ0) is 47.4. The lowest BCUT2D eigenvalue weighted by atomic mass is 9.88. The molecular formula is C50H88NO12P. The van der Waals surface area contributed by atoms with Crippen LogP contribution in [0.4, 0.5) is 0 Å². The lowest BCUT2D eigenvalue weighted by Gasteiger charge is -2.28. The Kier molecular flexibility index (Phi) is 29.2. The number of hydrogen-bond donors (Lipinski definition) is 2. The van der Waals surface area contributed by atoms with Gasteiger partial charge in [-0.3, -0.25) is 18.9 Å². The van der Waals surface area contributed by atoms with Gasteiger partial charge in [0.2, 0.25) is 0 Å². The Hall–Kier alpha value is -2.38.